The van der Waals surface area contributed by atoms with E-state index >= 15 is 0 Å². The molecule has 6 nitrogen and oxygen atoms in total. The maximum atomic E-state index is 12.2. The highest BCUT2D eigenvalue weighted by Gasteiger charge is 2.43. The van der Waals surface area contributed by atoms with Gasteiger partial charge in [0.2, 0.25) is 11.8 Å². The maximum Gasteiger partial charge on any atom is 0.232 e. The summed E-state index contributed by atoms with van der Waals surface area (Å²) in [7, 11) is 0. The summed E-state index contributed by atoms with van der Waals surface area (Å²) >= 11 is 0. The molecule has 2 aromatic heterocycles. The molecule has 1 N–H and O–H groups in total. The lowest BCUT2D eigenvalue weighted by Gasteiger charge is -2.06. The zero-order valence-electron chi connectivity index (χ0n) is 13.8. The third-order valence-electron chi connectivity index (χ3n) is 4.44. The molecule has 2 unspecified atom stereocenters. The molecule has 1 fully saturated rings. The van der Waals surface area contributed by atoms with Crippen molar-refractivity contribution in [3.63, 3.8) is 0 Å². The molecule has 25 heavy (non-hydrogen) atoms. The zero-order chi connectivity index (χ0) is 17.2. The van der Waals surface area contributed by atoms with Crippen LogP contribution < -0.4 is 5.32 Å². The van der Waals surface area contributed by atoms with Gasteiger partial charge in [-0.05, 0) is 42.5 Å². The SMILES string of the molecule is Cc1ccccc1NC(=O)Cc1noc(C2CC2c2cccnc2)n1. The Morgan fingerprint density at radius 1 is 1.24 bits per heavy atom. The molecule has 4 rings (SSSR count). The molecular formula is C19H18N4O2. The van der Waals surface area contributed by atoms with E-state index in [2.05, 4.69) is 26.5 Å². The van der Waals surface area contributed by atoms with Crippen LogP contribution in [0.15, 0.2) is 53.3 Å². The molecule has 0 saturated heterocycles. The van der Waals surface area contributed by atoms with Gasteiger partial charge in [0.25, 0.3) is 0 Å². The first-order valence-corrected chi connectivity index (χ1v) is 8.28. The molecule has 126 valence electrons. The van der Waals surface area contributed by atoms with Gasteiger partial charge in [-0.25, -0.2) is 0 Å². The number of anilines is 1. The van der Waals surface area contributed by atoms with Crippen molar-refractivity contribution in [3.8, 4) is 0 Å². The van der Waals surface area contributed by atoms with E-state index in [1.54, 1.807) is 6.20 Å². The predicted molar refractivity (Wildman–Crippen MR) is 92.1 cm³/mol. The fourth-order valence-electron chi connectivity index (χ4n) is 2.97. The van der Waals surface area contributed by atoms with Gasteiger partial charge in [-0.15, -0.1) is 0 Å². The number of hydrogen-bond acceptors (Lipinski definition) is 5. The lowest BCUT2D eigenvalue weighted by atomic mass is 10.1. The van der Waals surface area contributed by atoms with Gasteiger partial charge < -0.3 is 9.84 Å². The van der Waals surface area contributed by atoms with E-state index in [1.807, 2.05) is 43.5 Å². The molecule has 1 aliphatic carbocycles. The Morgan fingerprint density at radius 2 is 2.12 bits per heavy atom. The number of para-hydroxylation sites is 1. The third-order valence-corrected chi connectivity index (χ3v) is 4.44. The molecule has 3 aromatic rings. The molecule has 2 heterocycles. The predicted octanol–water partition coefficient (Wildman–Crippen LogP) is 3.23. The molecule has 6 heteroatoms. The Hall–Kier alpha value is -3.02. The van der Waals surface area contributed by atoms with Crippen LogP contribution >= 0.6 is 0 Å². The number of nitrogens with zero attached hydrogens (tertiary/aromatic N) is 3. The normalized spacial score (nSPS) is 18.8. The minimum Gasteiger partial charge on any atom is -0.339 e. The Balaban J connectivity index is 1.38. The molecule has 1 aromatic carbocycles. The maximum absolute atomic E-state index is 12.2. The summed E-state index contributed by atoms with van der Waals surface area (Å²) in [5, 5.41) is 6.83. The monoisotopic (exact) mass is 334 g/mol. The van der Waals surface area contributed by atoms with Crippen LogP contribution in [-0.2, 0) is 11.2 Å². The molecule has 1 saturated carbocycles. The highest BCUT2D eigenvalue weighted by atomic mass is 16.5. The van der Waals surface area contributed by atoms with Crippen LogP contribution in [0.4, 0.5) is 5.69 Å². The number of amides is 1. The number of aromatic nitrogens is 3. The Bertz CT molecular complexity index is 891. The van der Waals surface area contributed by atoms with Crippen molar-refractivity contribution in [2.24, 2.45) is 0 Å². The molecule has 0 bridgehead atoms. The summed E-state index contributed by atoms with van der Waals surface area (Å²) in [6.07, 6.45) is 4.71. The molecule has 1 amide bonds. The van der Waals surface area contributed by atoms with Gasteiger partial charge in [-0.1, -0.05) is 29.4 Å². The van der Waals surface area contributed by atoms with E-state index in [9.17, 15) is 4.79 Å². The van der Waals surface area contributed by atoms with Crippen LogP contribution in [0, 0.1) is 6.92 Å². The standard InChI is InChI=1S/C19H18N4O2/c1-12-5-2-3-7-16(12)21-18(24)10-17-22-19(25-23-17)15-9-14(15)13-6-4-8-20-11-13/h2-8,11,14-15H,9-10H2,1H3,(H,21,24). The number of carbonyl (C=O) groups excluding carboxylic acids is 1. The second-order valence-corrected chi connectivity index (χ2v) is 6.32. The Morgan fingerprint density at radius 3 is 2.92 bits per heavy atom. The fourth-order valence-corrected chi connectivity index (χ4v) is 2.97. The third kappa shape index (κ3) is 3.42. The van der Waals surface area contributed by atoms with Crippen molar-refractivity contribution in [1.29, 1.82) is 0 Å². The summed E-state index contributed by atoms with van der Waals surface area (Å²) in [4.78, 5) is 20.7. The number of pyridine rings is 1. The topological polar surface area (TPSA) is 80.9 Å². The molecule has 0 spiro atoms. The van der Waals surface area contributed by atoms with Crippen LogP contribution in [0.2, 0.25) is 0 Å². The van der Waals surface area contributed by atoms with Crippen LogP contribution in [-0.4, -0.2) is 21.0 Å². The summed E-state index contributed by atoms with van der Waals surface area (Å²) in [6.45, 7) is 1.95. The highest BCUT2D eigenvalue weighted by molar-refractivity contribution is 5.92. The average molecular weight is 334 g/mol. The van der Waals surface area contributed by atoms with Gasteiger partial charge in [0.15, 0.2) is 5.82 Å². The zero-order valence-corrected chi connectivity index (χ0v) is 13.8. The molecule has 0 aliphatic heterocycles. The van der Waals surface area contributed by atoms with Gasteiger partial charge in [-0.2, -0.15) is 4.98 Å². The van der Waals surface area contributed by atoms with Crippen molar-refractivity contribution in [2.75, 3.05) is 5.32 Å². The van der Waals surface area contributed by atoms with Crippen LogP contribution in [0.5, 0.6) is 0 Å². The summed E-state index contributed by atoms with van der Waals surface area (Å²) in [5.74, 6) is 1.47. The van der Waals surface area contributed by atoms with Crippen molar-refractivity contribution >= 4 is 11.6 Å². The van der Waals surface area contributed by atoms with Crippen molar-refractivity contribution in [1.82, 2.24) is 15.1 Å². The quantitative estimate of drug-likeness (QED) is 0.775. The second-order valence-electron chi connectivity index (χ2n) is 6.32. The van der Waals surface area contributed by atoms with Gasteiger partial charge in [0.05, 0.1) is 6.42 Å². The lowest BCUT2D eigenvalue weighted by molar-refractivity contribution is -0.115. The smallest absolute Gasteiger partial charge is 0.232 e. The van der Waals surface area contributed by atoms with E-state index in [0.29, 0.717) is 17.6 Å². The highest BCUT2D eigenvalue weighted by Crippen LogP contribution is 2.53. The minimum atomic E-state index is -0.152. The Labute approximate surface area is 145 Å². The van der Waals surface area contributed by atoms with Crippen molar-refractivity contribution in [2.45, 2.75) is 31.6 Å². The lowest BCUT2D eigenvalue weighted by Crippen LogP contribution is -2.15. The van der Waals surface area contributed by atoms with Crippen LogP contribution in [0.1, 0.15) is 41.1 Å². The number of aryl methyl sites for hydroxylation is 1. The van der Waals surface area contributed by atoms with Crippen molar-refractivity contribution < 1.29 is 9.32 Å². The first-order chi connectivity index (χ1) is 12.2. The fraction of sp³-hybridized carbons (Fsp3) is 0.263. The molecule has 1 aliphatic rings. The Kier molecular flexibility index (Phi) is 4.01. The molecule has 0 radical (unpaired) electrons. The number of benzene rings is 1. The summed E-state index contributed by atoms with van der Waals surface area (Å²) < 4.78 is 5.35. The average Bonchev–Trinajstić information content (AvgIpc) is 3.30. The minimum absolute atomic E-state index is 0.0993. The summed E-state index contributed by atoms with van der Waals surface area (Å²) in [5.41, 5.74) is 3.00. The van der Waals surface area contributed by atoms with E-state index in [0.717, 1.165) is 17.7 Å². The van der Waals surface area contributed by atoms with Crippen LogP contribution in [0.3, 0.4) is 0 Å². The largest absolute Gasteiger partial charge is 0.339 e. The van der Waals surface area contributed by atoms with Crippen LogP contribution in [0.25, 0.3) is 0 Å². The summed E-state index contributed by atoms with van der Waals surface area (Å²) in [6, 6.07) is 11.6. The van der Waals surface area contributed by atoms with E-state index in [1.165, 1.54) is 5.56 Å². The van der Waals surface area contributed by atoms with Gasteiger partial charge in [0, 0.05) is 24.0 Å². The van der Waals surface area contributed by atoms with Gasteiger partial charge in [-0.3, -0.25) is 9.78 Å². The van der Waals surface area contributed by atoms with E-state index in [4.69, 9.17) is 4.52 Å². The van der Waals surface area contributed by atoms with Gasteiger partial charge in [0.1, 0.15) is 0 Å². The number of rotatable bonds is 5. The first kappa shape index (κ1) is 15.5. The number of carbonyl (C=O) groups is 1. The second kappa shape index (κ2) is 6.47. The molecular weight excluding hydrogens is 316 g/mol. The van der Waals surface area contributed by atoms with Gasteiger partial charge >= 0.3 is 0 Å². The van der Waals surface area contributed by atoms with E-state index < -0.39 is 0 Å². The van der Waals surface area contributed by atoms with Crippen molar-refractivity contribution in [3.05, 3.63) is 71.6 Å². The number of hydrogen-bond donors (Lipinski definition) is 1. The number of nitrogens with one attached hydrogen (secondary N) is 1. The van der Waals surface area contributed by atoms with E-state index in [-0.39, 0.29) is 18.2 Å². The molecule has 2 atom stereocenters. The first-order valence-electron chi connectivity index (χ1n) is 8.28.